The van der Waals surface area contributed by atoms with Crippen molar-refractivity contribution < 1.29 is 4.79 Å². The fourth-order valence-corrected chi connectivity index (χ4v) is 3.79. The fourth-order valence-electron chi connectivity index (χ4n) is 3.79. The van der Waals surface area contributed by atoms with E-state index in [2.05, 4.69) is 32.7 Å². The van der Waals surface area contributed by atoms with E-state index in [9.17, 15) is 4.79 Å². The minimum atomic E-state index is -0.132. The number of urea groups is 1. The van der Waals surface area contributed by atoms with Crippen molar-refractivity contribution in [3.63, 3.8) is 0 Å². The van der Waals surface area contributed by atoms with Crippen molar-refractivity contribution in [3.8, 4) is 0 Å². The van der Waals surface area contributed by atoms with E-state index >= 15 is 0 Å². The molecule has 1 saturated carbocycles. The van der Waals surface area contributed by atoms with Crippen LogP contribution in [-0.4, -0.2) is 29.4 Å². The lowest BCUT2D eigenvalue weighted by molar-refractivity contribution is 0.119. The normalized spacial score (nSPS) is 31.6. The van der Waals surface area contributed by atoms with Gasteiger partial charge in [-0.25, -0.2) is 4.79 Å². The molecule has 1 heterocycles. The second-order valence-corrected chi connectivity index (χ2v) is 7.44. The average molecular weight is 279 g/mol. The Morgan fingerprint density at radius 3 is 2.35 bits per heavy atom. The van der Waals surface area contributed by atoms with Gasteiger partial charge >= 0.3 is 6.03 Å². The summed E-state index contributed by atoms with van der Waals surface area (Å²) in [4.78, 5) is 17.8. The lowest BCUT2D eigenvalue weighted by Crippen LogP contribution is -2.47. The van der Waals surface area contributed by atoms with Crippen LogP contribution in [0.4, 0.5) is 4.79 Å². The van der Waals surface area contributed by atoms with Crippen LogP contribution in [0.3, 0.4) is 0 Å². The Bertz CT molecular complexity index is 389. The molecule has 1 aliphatic carbocycles. The van der Waals surface area contributed by atoms with E-state index in [4.69, 9.17) is 5.73 Å². The van der Waals surface area contributed by atoms with E-state index in [1.54, 1.807) is 0 Å². The highest BCUT2D eigenvalue weighted by molar-refractivity contribution is 6.03. The van der Waals surface area contributed by atoms with Crippen LogP contribution >= 0.6 is 0 Å². The number of carbonyl (C=O) groups is 1. The predicted octanol–water partition coefficient (Wildman–Crippen LogP) is 3.41. The molecule has 1 fully saturated rings. The highest BCUT2D eigenvalue weighted by atomic mass is 16.2. The Morgan fingerprint density at radius 2 is 1.85 bits per heavy atom. The quantitative estimate of drug-likeness (QED) is 0.860. The van der Waals surface area contributed by atoms with E-state index in [1.807, 2.05) is 4.90 Å². The largest absolute Gasteiger partial charge is 0.385 e. The number of aliphatic imine (C=N–C) groups is 1. The summed E-state index contributed by atoms with van der Waals surface area (Å²) < 4.78 is 0. The van der Waals surface area contributed by atoms with E-state index in [-0.39, 0.29) is 12.1 Å². The molecule has 1 unspecified atom stereocenters. The minimum absolute atomic E-state index is 0.0587. The van der Waals surface area contributed by atoms with Gasteiger partial charge in [-0.3, -0.25) is 0 Å². The van der Waals surface area contributed by atoms with Crippen LogP contribution in [0.5, 0.6) is 0 Å². The first-order valence-corrected chi connectivity index (χ1v) is 7.99. The molecule has 4 nitrogen and oxygen atoms in total. The average Bonchev–Trinajstić information content (AvgIpc) is 2.64. The molecule has 1 aliphatic heterocycles. The zero-order valence-corrected chi connectivity index (χ0v) is 13.4. The Labute approximate surface area is 122 Å². The van der Waals surface area contributed by atoms with Gasteiger partial charge in [0.25, 0.3) is 0 Å². The molecule has 2 N–H and O–H groups in total. The number of hydrogen-bond donors (Lipinski definition) is 1. The number of amidine groups is 1. The van der Waals surface area contributed by atoms with Crippen LogP contribution in [0.15, 0.2) is 4.99 Å². The molecule has 0 bridgehead atoms. The maximum atomic E-state index is 11.9. The zero-order chi connectivity index (χ0) is 14.9. The smallest absolute Gasteiger partial charge is 0.345 e. The zero-order valence-electron chi connectivity index (χ0n) is 13.4. The molecule has 0 saturated heterocycles. The van der Waals surface area contributed by atoms with Crippen molar-refractivity contribution in [1.29, 1.82) is 0 Å². The summed E-state index contributed by atoms with van der Waals surface area (Å²) >= 11 is 0. The molecule has 0 aromatic heterocycles. The molecule has 0 aromatic rings. The third-order valence-corrected chi connectivity index (χ3v) is 5.02. The van der Waals surface area contributed by atoms with Gasteiger partial charge in [0, 0.05) is 6.54 Å². The summed E-state index contributed by atoms with van der Waals surface area (Å²) in [5, 5.41) is 0. The van der Waals surface area contributed by atoms with Gasteiger partial charge in [-0.15, -0.1) is 0 Å². The van der Waals surface area contributed by atoms with Gasteiger partial charge in [0.05, 0.1) is 6.04 Å². The van der Waals surface area contributed by atoms with E-state index in [1.165, 1.54) is 12.8 Å². The van der Waals surface area contributed by atoms with Crippen molar-refractivity contribution in [2.24, 2.45) is 28.0 Å². The van der Waals surface area contributed by atoms with Crippen LogP contribution in [0, 0.1) is 17.3 Å². The number of nitrogens with zero attached hydrogens (tertiary/aromatic N) is 2. The van der Waals surface area contributed by atoms with Gasteiger partial charge < -0.3 is 10.6 Å². The molecule has 2 amide bonds. The van der Waals surface area contributed by atoms with Gasteiger partial charge in [0.15, 0.2) is 0 Å². The van der Waals surface area contributed by atoms with Crippen LogP contribution in [-0.2, 0) is 0 Å². The Balaban J connectivity index is 2.02. The first-order chi connectivity index (χ1) is 9.34. The standard InChI is InChI=1S/C16H29N3O/c1-5-10-19-13(14(17)18-15(19)20)11-6-8-12(9-7-11)16(2,3)4/h11-13H,5-10H2,1-4H3,(H2,17,18,20). The topological polar surface area (TPSA) is 58.7 Å². The molecule has 0 spiro atoms. The first kappa shape index (κ1) is 15.3. The molecule has 0 aromatic carbocycles. The number of hydrogen-bond acceptors (Lipinski definition) is 2. The van der Waals surface area contributed by atoms with E-state index in [0.29, 0.717) is 17.2 Å². The van der Waals surface area contributed by atoms with E-state index < -0.39 is 0 Å². The summed E-state index contributed by atoms with van der Waals surface area (Å²) in [5.41, 5.74) is 6.42. The maximum absolute atomic E-state index is 11.9. The van der Waals surface area contributed by atoms with Gasteiger partial charge in [0.2, 0.25) is 0 Å². The van der Waals surface area contributed by atoms with Crippen molar-refractivity contribution in [1.82, 2.24) is 4.90 Å². The van der Waals surface area contributed by atoms with Crippen LogP contribution < -0.4 is 5.73 Å². The first-order valence-electron chi connectivity index (χ1n) is 7.99. The van der Waals surface area contributed by atoms with Crippen molar-refractivity contribution >= 4 is 11.9 Å². The second-order valence-electron chi connectivity index (χ2n) is 7.44. The molecule has 20 heavy (non-hydrogen) atoms. The van der Waals surface area contributed by atoms with Crippen molar-refractivity contribution in [2.75, 3.05) is 6.54 Å². The highest BCUT2D eigenvalue weighted by Gasteiger charge is 2.41. The third kappa shape index (κ3) is 2.99. The number of carbonyl (C=O) groups excluding carboxylic acids is 1. The minimum Gasteiger partial charge on any atom is -0.385 e. The summed E-state index contributed by atoms with van der Waals surface area (Å²) in [5.74, 6) is 1.83. The molecular weight excluding hydrogens is 250 g/mol. The lowest BCUT2D eigenvalue weighted by Gasteiger charge is -2.40. The molecule has 2 rings (SSSR count). The SMILES string of the molecule is CCCN1C(=O)N=C(N)C1C1CCC(C(C)(C)C)CC1. The molecular formula is C16H29N3O. The number of rotatable bonds is 3. The molecule has 2 aliphatic rings. The van der Waals surface area contributed by atoms with Crippen LogP contribution in [0.25, 0.3) is 0 Å². The molecule has 114 valence electrons. The second kappa shape index (κ2) is 5.74. The predicted molar refractivity (Wildman–Crippen MR) is 82.7 cm³/mol. The third-order valence-electron chi connectivity index (χ3n) is 5.02. The summed E-state index contributed by atoms with van der Waals surface area (Å²) in [6, 6.07) is -0.0735. The Kier molecular flexibility index (Phi) is 4.40. The van der Waals surface area contributed by atoms with Gasteiger partial charge in [-0.2, -0.15) is 4.99 Å². The monoisotopic (exact) mass is 279 g/mol. The van der Waals surface area contributed by atoms with Gasteiger partial charge in [0.1, 0.15) is 5.84 Å². The Hall–Kier alpha value is -1.06. The van der Waals surface area contributed by atoms with Crippen molar-refractivity contribution in [2.45, 2.75) is 65.8 Å². The molecule has 0 radical (unpaired) electrons. The van der Waals surface area contributed by atoms with Crippen LogP contribution in [0.1, 0.15) is 59.8 Å². The highest BCUT2D eigenvalue weighted by Crippen LogP contribution is 2.42. The molecule has 1 atom stereocenters. The maximum Gasteiger partial charge on any atom is 0.345 e. The summed E-state index contributed by atoms with van der Waals surface area (Å²) in [6.07, 6.45) is 5.77. The van der Waals surface area contributed by atoms with Crippen LogP contribution in [0.2, 0.25) is 0 Å². The fraction of sp³-hybridized carbons (Fsp3) is 0.875. The Morgan fingerprint density at radius 1 is 1.25 bits per heavy atom. The van der Waals surface area contributed by atoms with Gasteiger partial charge in [-0.1, -0.05) is 27.7 Å². The lowest BCUT2D eigenvalue weighted by atomic mass is 9.68. The molecule has 4 heteroatoms. The van der Waals surface area contributed by atoms with Crippen molar-refractivity contribution in [3.05, 3.63) is 0 Å². The van der Waals surface area contributed by atoms with Gasteiger partial charge in [-0.05, 0) is 49.4 Å². The number of nitrogens with two attached hydrogens (primary N) is 1. The summed E-state index contributed by atoms with van der Waals surface area (Å²) in [7, 11) is 0. The summed E-state index contributed by atoms with van der Waals surface area (Å²) in [6.45, 7) is 9.85. The number of amides is 2. The van der Waals surface area contributed by atoms with E-state index in [0.717, 1.165) is 31.7 Å².